The van der Waals surface area contributed by atoms with Crippen LogP contribution in [-0.2, 0) is 4.79 Å². The van der Waals surface area contributed by atoms with E-state index in [1.807, 2.05) is 29.7 Å². The minimum atomic E-state index is -0.199. The lowest BCUT2D eigenvalue weighted by Crippen LogP contribution is -2.35. The van der Waals surface area contributed by atoms with Crippen LogP contribution >= 0.6 is 11.8 Å². The number of para-hydroxylation sites is 1. The number of aromatic nitrogens is 3. The highest BCUT2D eigenvalue weighted by Gasteiger charge is 2.20. The quantitative estimate of drug-likeness (QED) is 0.799. The van der Waals surface area contributed by atoms with Crippen molar-refractivity contribution >= 4 is 17.7 Å². The fraction of sp³-hybridized carbons (Fsp3) is 0.526. The molecule has 0 saturated heterocycles. The van der Waals surface area contributed by atoms with Crippen molar-refractivity contribution in [3.63, 3.8) is 0 Å². The van der Waals surface area contributed by atoms with Crippen LogP contribution in [0, 0.1) is 12.8 Å². The van der Waals surface area contributed by atoms with Gasteiger partial charge in [-0.25, -0.2) is 0 Å². The molecule has 1 amide bonds. The predicted molar refractivity (Wildman–Crippen MR) is 101 cm³/mol. The smallest absolute Gasteiger partial charge is 0.233 e. The van der Waals surface area contributed by atoms with Gasteiger partial charge in [-0.3, -0.25) is 9.36 Å². The summed E-state index contributed by atoms with van der Waals surface area (Å²) in [7, 11) is 0. The maximum Gasteiger partial charge on any atom is 0.233 e. The van der Waals surface area contributed by atoms with Crippen molar-refractivity contribution in [1.29, 1.82) is 0 Å². The summed E-state index contributed by atoms with van der Waals surface area (Å²) in [5.74, 6) is 0.723. The zero-order chi connectivity index (χ0) is 17.6. The lowest BCUT2D eigenvalue weighted by atomic mass is 9.89. The summed E-state index contributed by atoms with van der Waals surface area (Å²) in [6.07, 6.45) is 8.12. The summed E-state index contributed by atoms with van der Waals surface area (Å²) in [6, 6.07) is 8.11. The van der Waals surface area contributed by atoms with E-state index >= 15 is 0 Å². The number of thioether (sulfide) groups is 1. The first-order chi connectivity index (χ1) is 12.1. The lowest BCUT2D eigenvalue weighted by Gasteiger charge is -2.22. The summed E-state index contributed by atoms with van der Waals surface area (Å²) < 4.78 is 1.95. The van der Waals surface area contributed by atoms with Crippen molar-refractivity contribution in [3.8, 4) is 5.69 Å². The van der Waals surface area contributed by atoms with E-state index in [-0.39, 0.29) is 11.2 Å². The van der Waals surface area contributed by atoms with Gasteiger partial charge >= 0.3 is 0 Å². The molecule has 1 heterocycles. The fourth-order valence-electron chi connectivity index (χ4n) is 3.30. The Hall–Kier alpha value is -1.82. The van der Waals surface area contributed by atoms with E-state index in [0.29, 0.717) is 5.92 Å². The highest BCUT2D eigenvalue weighted by atomic mass is 32.2. The third-order valence-corrected chi connectivity index (χ3v) is 5.89. The van der Waals surface area contributed by atoms with Crippen molar-refractivity contribution in [1.82, 2.24) is 20.1 Å². The van der Waals surface area contributed by atoms with Crippen LogP contribution in [0.5, 0.6) is 0 Å². The number of rotatable bonds is 6. The van der Waals surface area contributed by atoms with E-state index in [9.17, 15) is 4.79 Å². The number of benzene rings is 1. The SMILES string of the molecule is Cc1ccccc1-n1cnnc1SC(C)C(=O)NCC1CCCCC1. The number of carbonyl (C=O) groups is 1. The Balaban J connectivity index is 1.59. The average Bonchev–Trinajstić information content (AvgIpc) is 3.08. The molecule has 0 bridgehead atoms. The van der Waals surface area contributed by atoms with Gasteiger partial charge in [0.05, 0.1) is 10.9 Å². The molecular weight excluding hydrogens is 332 g/mol. The lowest BCUT2D eigenvalue weighted by molar-refractivity contribution is -0.120. The molecule has 5 nitrogen and oxygen atoms in total. The van der Waals surface area contributed by atoms with E-state index in [4.69, 9.17) is 0 Å². The number of nitrogens with one attached hydrogen (secondary N) is 1. The number of hydrogen-bond donors (Lipinski definition) is 1. The van der Waals surface area contributed by atoms with E-state index in [1.54, 1.807) is 6.33 Å². The average molecular weight is 359 g/mol. The van der Waals surface area contributed by atoms with E-state index in [2.05, 4.69) is 28.5 Å². The first kappa shape index (κ1) is 18.0. The van der Waals surface area contributed by atoms with Crippen LogP contribution in [0.2, 0.25) is 0 Å². The van der Waals surface area contributed by atoms with Gasteiger partial charge in [0.15, 0.2) is 5.16 Å². The number of aryl methyl sites for hydroxylation is 1. The molecule has 1 atom stereocenters. The van der Waals surface area contributed by atoms with Gasteiger partial charge in [0.25, 0.3) is 0 Å². The normalized spacial score (nSPS) is 16.6. The molecule has 1 fully saturated rings. The second-order valence-electron chi connectivity index (χ2n) is 6.78. The first-order valence-corrected chi connectivity index (χ1v) is 9.93. The molecule has 1 aliphatic rings. The molecule has 2 aromatic rings. The maximum atomic E-state index is 12.4. The van der Waals surface area contributed by atoms with E-state index < -0.39 is 0 Å². The highest BCUT2D eigenvalue weighted by Crippen LogP contribution is 2.26. The third kappa shape index (κ3) is 4.63. The van der Waals surface area contributed by atoms with Crippen LogP contribution in [0.15, 0.2) is 35.7 Å². The standard InChI is InChI=1S/C19H26N4OS/c1-14-8-6-7-11-17(14)23-13-21-22-19(23)25-15(2)18(24)20-12-16-9-4-3-5-10-16/h6-8,11,13,15-16H,3-5,9-10,12H2,1-2H3,(H,20,24). The van der Waals surface area contributed by atoms with Gasteiger partial charge in [-0.1, -0.05) is 49.2 Å². The second kappa shape index (κ2) is 8.52. The van der Waals surface area contributed by atoms with Crippen LogP contribution in [-0.4, -0.2) is 32.5 Å². The molecule has 6 heteroatoms. The Morgan fingerprint density at radius 3 is 2.84 bits per heavy atom. The third-order valence-electron chi connectivity index (χ3n) is 4.83. The Kier molecular flexibility index (Phi) is 6.13. The summed E-state index contributed by atoms with van der Waals surface area (Å²) in [6.45, 7) is 4.79. The minimum absolute atomic E-state index is 0.0786. The largest absolute Gasteiger partial charge is 0.355 e. The van der Waals surface area contributed by atoms with Crippen molar-refractivity contribution in [2.45, 2.75) is 56.4 Å². The Morgan fingerprint density at radius 2 is 2.08 bits per heavy atom. The molecule has 1 aromatic carbocycles. The molecule has 25 heavy (non-hydrogen) atoms. The Labute approximate surface area is 153 Å². The molecule has 1 N–H and O–H groups in total. The molecule has 134 valence electrons. The molecule has 0 aliphatic heterocycles. The molecule has 0 spiro atoms. The van der Waals surface area contributed by atoms with Gasteiger partial charge in [-0.2, -0.15) is 0 Å². The van der Waals surface area contributed by atoms with E-state index in [0.717, 1.165) is 23.0 Å². The molecular formula is C19H26N4OS. The van der Waals surface area contributed by atoms with E-state index in [1.165, 1.54) is 43.9 Å². The van der Waals surface area contributed by atoms with Gasteiger partial charge in [0.2, 0.25) is 5.91 Å². The summed E-state index contributed by atoms with van der Waals surface area (Å²) in [5, 5.41) is 11.9. The zero-order valence-corrected chi connectivity index (χ0v) is 15.8. The molecule has 0 radical (unpaired) electrons. The summed E-state index contributed by atoms with van der Waals surface area (Å²) >= 11 is 1.45. The molecule has 1 aliphatic carbocycles. The van der Waals surface area contributed by atoms with Crippen molar-refractivity contribution in [2.75, 3.05) is 6.54 Å². The number of carbonyl (C=O) groups excluding carboxylic acids is 1. The summed E-state index contributed by atoms with van der Waals surface area (Å²) in [4.78, 5) is 12.4. The van der Waals surface area contributed by atoms with Gasteiger partial charge < -0.3 is 5.32 Å². The van der Waals surface area contributed by atoms with Gasteiger partial charge in [0, 0.05) is 6.54 Å². The monoisotopic (exact) mass is 358 g/mol. The fourth-order valence-corrected chi connectivity index (χ4v) is 4.16. The Morgan fingerprint density at radius 1 is 1.32 bits per heavy atom. The zero-order valence-electron chi connectivity index (χ0n) is 14.9. The van der Waals surface area contributed by atoms with Crippen LogP contribution < -0.4 is 5.32 Å². The topological polar surface area (TPSA) is 59.8 Å². The highest BCUT2D eigenvalue weighted by molar-refractivity contribution is 8.00. The molecule has 3 rings (SSSR count). The van der Waals surface area contributed by atoms with Crippen LogP contribution in [0.25, 0.3) is 5.69 Å². The van der Waals surface area contributed by atoms with Gasteiger partial charge in [-0.05, 0) is 44.2 Å². The van der Waals surface area contributed by atoms with Gasteiger partial charge in [0.1, 0.15) is 6.33 Å². The Bertz CT molecular complexity index is 709. The number of hydrogen-bond acceptors (Lipinski definition) is 4. The van der Waals surface area contributed by atoms with Crippen molar-refractivity contribution < 1.29 is 4.79 Å². The second-order valence-corrected chi connectivity index (χ2v) is 8.09. The maximum absolute atomic E-state index is 12.4. The van der Waals surface area contributed by atoms with Crippen LogP contribution in [0.3, 0.4) is 0 Å². The molecule has 1 aromatic heterocycles. The number of amides is 1. The first-order valence-electron chi connectivity index (χ1n) is 9.05. The minimum Gasteiger partial charge on any atom is -0.355 e. The van der Waals surface area contributed by atoms with Crippen molar-refractivity contribution in [2.24, 2.45) is 5.92 Å². The molecule has 1 saturated carbocycles. The predicted octanol–water partition coefficient (Wildman–Crippen LogP) is 3.75. The van der Waals surface area contributed by atoms with Crippen molar-refractivity contribution in [3.05, 3.63) is 36.2 Å². The van der Waals surface area contributed by atoms with Crippen LogP contribution in [0.4, 0.5) is 0 Å². The van der Waals surface area contributed by atoms with Crippen LogP contribution in [0.1, 0.15) is 44.6 Å². The molecule has 1 unspecified atom stereocenters. The number of nitrogens with zero attached hydrogens (tertiary/aromatic N) is 3. The summed E-state index contributed by atoms with van der Waals surface area (Å²) in [5.41, 5.74) is 2.20. The van der Waals surface area contributed by atoms with Gasteiger partial charge in [-0.15, -0.1) is 10.2 Å².